The van der Waals surface area contributed by atoms with Crippen LogP contribution in [0.25, 0.3) is 0 Å². The molecule has 0 saturated carbocycles. The number of phenols is 2. The summed E-state index contributed by atoms with van der Waals surface area (Å²) in [5.41, 5.74) is 2.04. The monoisotopic (exact) mass is 246 g/mol. The molecular weight excluding hydrogens is 232 g/mol. The molecular formula is C14H14O2S. The second-order valence-electron chi connectivity index (χ2n) is 4.11. The molecule has 0 bridgehead atoms. The predicted octanol–water partition coefficient (Wildman–Crippen LogP) is 3.87. The molecule has 0 radical (unpaired) electrons. The summed E-state index contributed by atoms with van der Waals surface area (Å²) in [5.74, 6) is 0.536. The summed E-state index contributed by atoms with van der Waals surface area (Å²) in [6, 6.07) is 10.9. The van der Waals surface area contributed by atoms with Crippen LogP contribution in [-0.2, 0) is 0 Å². The van der Waals surface area contributed by atoms with Gasteiger partial charge in [-0.3, -0.25) is 0 Å². The Labute approximate surface area is 105 Å². The van der Waals surface area contributed by atoms with E-state index in [0.29, 0.717) is 0 Å². The number of aromatic hydroxyl groups is 2. The first-order chi connectivity index (χ1) is 8.02. The number of rotatable bonds is 2. The number of phenolic OH excluding ortho intramolecular Hbond substituents is 2. The van der Waals surface area contributed by atoms with E-state index in [2.05, 4.69) is 0 Å². The molecule has 0 aliphatic heterocycles. The van der Waals surface area contributed by atoms with Crippen molar-refractivity contribution in [2.45, 2.75) is 23.6 Å². The van der Waals surface area contributed by atoms with Gasteiger partial charge in [-0.2, -0.15) is 0 Å². The zero-order valence-corrected chi connectivity index (χ0v) is 10.6. The molecule has 2 aromatic carbocycles. The molecule has 2 nitrogen and oxygen atoms in total. The van der Waals surface area contributed by atoms with Gasteiger partial charge >= 0.3 is 0 Å². The molecule has 0 aliphatic rings. The first-order valence-corrected chi connectivity index (χ1v) is 6.14. The van der Waals surface area contributed by atoms with Crippen LogP contribution in [-0.4, -0.2) is 10.2 Å². The highest BCUT2D eigenvalue weighted by Crippen LogP contribution is 2.33. The Kier molecular flexibility index (Phi) is 3.29. The summed E-state index contributed by atoms with van der Waals surface area (Å²) >= 11 is 1.52. The first-order valence-electron chi connectivity index (χ1n) is 5.32. The second kappa shape index (κ2) is 4.72. The Morgan fingerprint density at radius 1 is 0.706 bits per heavy atom. The van der Waals surface area contributed by atoms with Gasteiger partial charge in [-0.25, -0.2) is 0 Å². The normalized spacial score (nSPS) is 10.5. The fourth-order valence-electron chi connectivity index (χ4n) is 1.71. The van der Waals surface area contributed by atoms with E-state index < -0.39 is 0 Å². The van der Waals surface area contributed by atoms with Gasteiger partial charge in [-0.15, -0.1) is 0 Å². The Bertz CT molecular complexity index is 460. The number of aryl methyl sites for hydroxylation is 2. The molecule has 0 aromatic heterocycles. The Hall–Kier alpha value is -1.61. The van der Waals surface area contributed by atoms with E-state index in [1.807, 2.05) is 26.0 Å². The van der Waals surface area contributed by atoms with Crippen LogP contribution < -0.4 is 0 Å². The molecule has 17 heavy (non-hydrogen) atoms. The zero-order valence-electron chi connectivity index (χ0n) is 9.77. The second-order valence-corrected chi connectivity index (χ2v) is 5.26. The highest BCUT2D eigenvalue weighted by molar-refractivity contribution is 7.99. The van der Waals surface area contributed by atoms with Crippen LogP contribution in [0.5, 0.6) is 11.5 Å². The van der Waals surface area contributed by atoms with Crippen LogP contribution in [0.3, 0.4) is 0 Å². The van der Waals surface area contributed by atoms with E-state index in [1.54, 1.807) is 24.3 Å². The van der Waals surface area contributed by atoms with Gasteiger partial charge in [-0.05, 0) is 61.4 Å². The van der Waals surface area contributed by atoms with Crippen LogP contribution in [0.2, 0.25) is 0 Å². The molecule has 2 rings (SSSR count). The number of hydrogen-bond acceptors (Lipinski definition) is 3. The summed E-state index contributed by atoms with van der Waals surface area (Å²) in [7, 11) is 0. The van der Waals surface area contributed by atoms with Gasteiger partial charge < -0.3 is 10.2 Å². The van der Waals surface area contributed by atoms with Crippen molar-refractivity contribution >= 4 is 11.8 Å². The van der Waals surface area contributed by atoms with Gasteiger partial charge in [0.15, 0.2) is 0 Å². The van der Waals surface area contributed by atoms with Gasteiger partial charge in [0.1, 0.15) is 11.5 Å². The molecule has 88 valence electrons. The van der Waals surface area contributed by atoms with E-state index in [4.69, 9.17) is 0 Å². The zero-order chi connectivity index (χ0) is 12.4. The van der Waals surface area contributed by atoms with Gasteiger partial charge in [0.25, 0.3) is 0 Å². The minimum absolute atomic E-state index is 0.268. The van der Waals surface area contributed by atoms with Crippen LogP contribution >= 0.6 is 11.8 Å². The molecule has 0 saturated heterocycles. The van der Waals surface area contributed by atoms with Gasteiger partial charge in [0.2, 0.25) is 0 Å². The average Bonchev–Trinajstić information content (AvgIpc) is 2.13. The Balaban J connectivity index is 2.31. The summed E-state index contributed by atoms with van der Waals surface area (Å²) in [4.78, 5) is 1.93. The largest absolute Gasteiger partial charge is 0.508 e. The summed E-state index contributed by atoms with van der Waals surface area (Å²) in [5, 5.41) is 19.0. The van der Waals surface area contributed by atoms with Crippen LogP contribution in [0, 0.1) is 13.8 Å². The molecule has 0 amide bonds. The predicted molar refractivity (Wildman–Crippen MR) is 69.8 cm³/mol. The smallest absolute Gasteiger partial charge is 0.116 e. The maximum absolute atomic E-state index is 9.52. The third-order valence-electron chi connectivity index (χ3n) is 2.31. The average molecular weight is 246 g/mol. The van der Waals surface area contributed by atoms with Crippen molar-refractivity contribution in [2.75, 3.05) is 0 Å². The van der Waals surface area contributed by atoms with Gasteiger partial charge in [0.05, 0.1) is 0 Å². The summed E-state index contributed by atoms with van der Waals surface area (Å²) < 4.78 is 0. The van der Waals surface area contributed by atoms with Crippen LogP contribution in [0.15, 0.2) is 46.2 Å². The van der Waals surface area contributed by atoms with Crippen molar-refractivity contribution < 1.29 is 10.2 Å². The lowest BCUT2D eigenvalue weighted by molar-refractivity contribution is 0.473. The lowest BCUT2D eigenvalue weighted by Crippen LogP contribution is -1.79. The summed E-state index contributed by atoms with van der Waals surface area (Å²) in [6.45, 7) is 3.88. The van der Waals surface area contributed by atoms with Crippen molar-refractivity contribution in [3.8, 4) is 11.5 Å². The molecule has 0 unspecified atom stereocenters. The Morgan fingerprint density at radius 3 is 1.47 bits per heavy atom. The number of benzene rings is 2. The highest BCUT2D eigenvalue weighted by atomic mass is 32.2. The minimum Gasteiger partial charge on any atom is -0.508 e. The third kappa shape index (κ3) is 3.17. The maximum Gasteiger partial charge on any atom is 0.116 e. The molecule has 0 aliphatic carbocycles. The fraction of sp³-hybridized carbons (Fsp3) is 0.143. The number of hydrogen-bond donors (Lipinski definition) is 2. The van der Waals surface area contributed by atoms with E-state index in [1.165, 1.54) is 11.8 Å². The van der Waals surface area contributed by atoms with Crippen molar-refractivity contribution in [3.05, 3.63) is 47.5 Å². The van der Waals surface area contributed by atoms with E-state index >= 15 is 0 Å². The fourth-order valence-corrected chi connectivity index (χ4v) is 2.83. The van der Waals surface area contributed by atoms with Crippen molar-refractivity contribution in [3.63, 3.8) is 0 Å². The molecule has 0 heterocycles. The van der Waals surface area contributed by atoms with Gasteiger partial charge in [-0.1, -0.05) is 11.8 Å². The lowest BCUT2D eigenvalue weighted by Gasteiger charge is -2.06. The van der Waals surface area contributed by atoms with Crippen LogP contribution in [0.4, 0.5) is 0 Å². The third-order valence-corrected chi connectivity index (χ3v) is 3.25. The molecule has 0 atom stereocenters. The van der Waals surface area contributed by atoms with Crippen molar-refractivity contribution in [1.29, 1.82) is 0 Å². The standard InChI is InChI=1S/C14H14O2S/c1-9-3-11(15)7-13(5-9)17-14-6-10(2)4-12(16)8-14/h3-8,15-16H,1-2H3. The summed E-state index contributed by atoms with van der Waals surface area (Å²) in [6.07, 6.45) is 0. The molecule has 3 heteroatoms. The first kappa shape index (κ1) is 11.9. The van der Waals surface area contributed by atoms with E-state index in [9.17, 15) is 10.2 Å². The molecule has 0 fully saturated rings. The Morgan fingerprint density at radius 2 is 1.12 bits per heavy atom. The molecule has 0 spiro atoms. The van der Waals surface area contributed by atoms with E-state index in [0.717, 1.165) is 20.9 Å². The highest BCUT2D eigenvalue weighted by Gasteiger charge is 2.02. The topological polar surface area (TPSA) is 40.5 Å². The van der Waals surface area contributed by atoms with Crippen LogP contribution in [0.1, 0.15) is 11.1 Å². The molecule has 2 aromatic rings. The lowest BCUT2D eigenvalue weighted by atomic mass is 10.2. The van der Waals surface area contributed by atoms with E-state index in [-0.39, 0.29) is 11.5 Å². The molecule has 2 N–H and O–H groups in total. The van der Waals surface area contributed by atoms with Crippen molar-refractivity contribution in [2.24, 2.45) is 0 Å². The van der Waals surface area contributed by atoms with Gasteiger partial charge in [0, 0.05) is 9.79 Å². The minimum atomic E-state index is 0.268. The SMILES string of the molecule is Cc1cc(O)cc(Sc2cc(C)cc(O)c2)c1. The van der Waals surface area contributed by atoms with Crippen molar-refractivity contribution in [1.82, 2.24) is 0 Å². The maximum atomic E-state index is 9.52. The quantitative estimate of drug-likeness (QED) is 0.845.